The zero-order valence-corrected chi connectivity index (χ0v) is 9.74. The lowest BCUT2D eigenvalue weighted by Gasteiger charge is -2.13. The topological polar surface area (TPSA) is 67.2 Å². The summed E-state index contributed by atoms with van der Waals surface area (Å²) in [4.78, 5) is 10.9. The predicted octanol–water partition coefficient (Wildman–Crippen LogP) is 1.35. The van der Waals surface area contributed by atoms with E-state index in [0.29, 0.717) is 12.7 Å². The van der Waals surface area contributed by atoms with Gasteiger partial charge in [0.05, 0.1) is 18.3 Å². The van der Waals surface area contributed by atoms with Crippen LogP contribution in [0.15, 0.2) is 12.4 Å². The van der Waals surface area contributed by atoms with Crippen molar-refractivity contribution in [2.45, 2.75) is 32.1 Å². The molecule has 0 amide bonds. The predicted molar refractivity (Wildman–Crippen MR) is 56.9 cm³/mol. The molecule has 1 aromatic rings. The van der Waals surface area contributed by atoms with Gasteiger partial charge < -0.3 is 10.4 Å². The Morgan fingerprint density at radius 3 is 2.72 bits per heavy atom. The Bertz CT molecular complexity index is 403. The zero-order valence-electron chi connectivity index (χ0n) is 9.74. The minimum atomic E-state index is -4.46. The van der Waals surface area contributed by atoms with Crippen LogP contribution in [0.1, 0.15) is 18.9 Å². The number of carboxylic acid groups (broad SMARTS) is 1. The van der Waals surface area contributed by atoms with E-state index in [9.17, 15) is 18.0 Å². The average Bonchev–Trinajstić information content (AvgIpc) is 2.71. The van der Waals surface area contributed by atoms with Crippen molar-refractivity contribution in [3.8, 4) is 0 Å². The summed E-state index contributed by atoms with van der Waals surface area (Å²) >= 11 is 0. The molecule has 1 rings (SSSR count). The zero-order chi connectivity index (χ0) is 13.8. The largest absolute Gasteiger partial charge is 0.480 e. The number of carboxylic acids is 1. The van der Waals surface area contributed by atoms with Crippen LogP contribution in [-0.2, 0) is 17.5 Å². The van der Waals surface area contributed by atoms with Crippen LogP contribution in [0.2, 0.25) is 0 Å². The van der Waals surface area contributed by atoms with Crippen molar-refractivity contribution in [1.82, 2.24) is 15.1 Å². The molecule has 2 N–H and O–H groups in total. The molecule has 1 unspecified atom stereocenters. The molecule has 8 heteroatoms. The van der Waals surface area contributed by atoms with Gasteiger partial charge in [0.2, 0.25) is 0 Å². The Morgan fingerprint density at radius 1 is 1.61 bits per heavy atom. The molecule has 0 aliphatic carbocycles. The fourth-order valence-electron chi connectivity index (χ4n) is 1.35. The molecular weight excluding hydrogens is 251 g/mol. The van der Waals surface area contributed by atoms with Crippen LogP contribution in [0.4, 0.5) is 13.2 Å². The summed E-state index contributed by atoms with van der Waals surface area (Å²) in [6, 6.07) is -0.953. The molecule has 0 radical (unpaired) electrons. The van der Waals surface area contributed by atoms with E-state index in [1.807, 2.05) is 6.92 Å². The van der Waals surface area contributed by atoms with Crippen molar-refractivity contribution in [2.24, 2.45) is 0 Å². The minimum absolute atomic E-state index is 0.147. The third-order valence-corrected chi connectivity index (χ3v) is 2.27. The lowest BCUT2D eigenvalue weighted by atomic mass is 10.3. The molecule has 5 nitrogen and oxygen atoms in total. The third-order valence-electron chi connectivity index (χ3n) is 2.27. The fraction of sp³-hybridized carbons (Fsp3) is 0.600. The third kappa shape index (κ3) is 4.02. The summed E-state index contributed by atoms with van der Waals surface area (Å²) in [5, 5.41) is 15.1. The summed E-state index contributed by atoms with van der Waals surface area (Å²) < 4.78 is 37.9. The Balaban J connectivity index is 2.69. The van der Waals surface area contributed by atoms with E-state index >= 15 is 0 Å². The Labute approximate surface area is 102 Å². The van der Waals surface area contributed by atoms with Crippen LogP contribution in [0.5, 0.6) is 0 Å². The van der Waals surface area contributed by atoms with Gasteiger partial charge in [0, 0.05) is 6.20 Å². The van der Waals surface area contributed by atoms with Gasteiger partial charge in [-0.1, -0.05) is 6.92 Å². The molecule has 1 aromatic heterocycles. The average molecular weight is 265 g/mol. The number of nitrogens with zero attached hydrogens (tertiary/aromatic N) is 2. The van der Waals surface area contributed by atoms with Crippen molar-refractivity contribution in [3.63, 3.8) is 0 Å². The number of hydrogen-bond donors (Lipinski definition) is 2. The Hall–Kier alpha value is -1.57. The van der Waals surface area contributed by atoms with Gasteiger partial charge in [-0.15, -0.1) is 0 Å². The molecule has 0 aliphatic heterocycles. The quantitative estimate of drug-likeness (QED) is 0.815. The van der Waals surface area contributed by atoms with Crippen molar-refractivity contribution >= 4 is 5.97 Å². The van der Waals surface area contributed by atoms with Gasteiger partial charge in [-0.25, -0.2) is 0 Å². The van der Waals surface area contributed by atoms with Gasteiger partial charge >= 0.3 is 12.1 Å². The second-order valence-electron chi connectivity index (χ2n) is 3.79. The number of rotatable bonds is 6. The number of alkyl halides is 3. The SMILES string of the molecule is CCCNC(Cn1cc(C(F)(F)F)cn1)C(=O)O. The van der Waals surface area contributed by atoms with E-state index in [2.05, 4.69) is 10.4 Å². The first kappa shape index (κ1) is 14.5. The first-order valence-electron chi connectivity index (χ1n) is 5.40. The van der Waals surface area contributed by atoms with Gasteiger partial charge in [0.1, 0.15) is 6.04 Å². The molecule has 0 saturated heterocycles. The number of carbonyl (C=O) groups is 1. The van der Waals surface area contributed by atoms with Crippen LogP contribution < -0.4 is 5.32 Å². The molecule has 0 aromatic carbocycles. The van der Waals surface area contributed by atoms with E-state index in [-0.39, 0.29) is 6.54 Å². The van der Waals surface area contributed by atoms with E-state index in [1.54, 1.807) is 0 Å². The summed E-state index contributed by atoms with van der Waals surface area (Å²) in [7, 11) is 0. The van der Waals surface area contributed by atoms with Gasteiger partial charge in [-0.2, -0.15) is 18.3 Å². The van der Waals surface area contributed by atoms with Crippen LogP contribution >= 0.6 is 0 Å². The van der Waals surface area contributed by atoms with Crippen molar-refractivity contribution in [2.75, 3.05) is 6.54 Å². The first-order valence-corrected chi connectivity index (χ1v) is 5.40. The maximum atomic E-state index is 12.3. The van der Waals surface area contributed by atoms with E-state index in [0.717, 1.165) is 17.3 Å². The molecule has 18 heavy (non-hydrogen) atoms. The summed E-state index contributed by atoms with van der Waals surface area (Å²) in [5.41, 5.74) is -0.887. The van der Waals surface area contributed by atoms with Crippen molar-refractivity contribution < 1.29 is 23.1 Å². The molecule has 0 saturated carbocycles. The van der Waals surface area contributed by atoms with Gasteiger partial charge in [0.25, 0.3) is 0 Å². The minimum Gasteiger partial charge on any atom is -0.480 e. The molecule has 0 fully saturated rings. The smallest absolute Gasteiger partial charge is 0.419 e. The summed E-state index contributed by atoms with van der Waals surface area (Å²) in [6.07, 6.45) is -2.26. The second kappa shape index (κ2) is 5.85. The standard InChI is InChI=1S/C10H14F3N3O2/c1-2-3-14-8(9(17)18)6-16-5-7(4-15-16)10(11,12)13/h4-5,8,14H,2-3,6H2,1H3,(H,17,18). The number of aromatic nitrogens is 2. The van der Waals surface area contributed by atoms with Crippen molar-refractivity contribution in [3.05, 3.63) is 18.0 Å². The van der Waals surface area contributed by atoms with E-state index in [4.69, 9.17) is 5.11 Å². The highest BCUT2D eigenvalue weighted by Gasteiger charge is 2.32. The Kier molecular flexibility index (Phi) is 4.71. The number of hydrogen-bond acceptors (Lipinski definition) is 3. The van der Waals surface area contributed by atoms with Crippen molar-refractivity contribution in [1.29, 1.82) is 0 Å². The lowest BCUT2D eigenvalue weighted by Crippen LogP contribution is -2.40. The summed E-state index contributed by atoms with van der Waals surface area (Å²) in [6.45, 7) is 2.19. The monoisotopic (exact) mass is 265 g/mol. The molecular formula is C10H14F3N3O2. The molecule has 0 spiro atoms. The van der Waals surface area contributed by atoms with Crippen LogP contribution in [0.3, 0.4) is 0 Å². The number of nitrogens with one attached hydrogen (secondary N) is 1. The molecule has 1 atom stereocenters. The van der Waals surface area contributed by atoms with Crippen LogP contribution in [0.25, 0.3) is 0 Å². The highest BCUT2D eigenvalue weighted by molar-refractivity contribution is 5.73. The summed E-state index contributed by atoms with van der Waals surface area (Å²) in [5.74, 6) is -1.12. The van der Waals surface area contributed by atoms with E-state index in [1.165, 1.54) is 0 Å². The van der Waals surface area contributed by atoms with Crippen LogP contribution in [0, 0.1) is 0 Å². The van der Waals surface area contributed by atoms with Gasteiger partial charge in [-0.3, -0.25) is 9.48 Å². The van der Waals surface area contributed by atoms with Gasteiger partial charge in [0.15, 0.2) is 0 Å². The second-order valence-corrected chi connectivity index (χ2v) is 3.79. The number of halogens is 3. The maximum absolute atomic E-state index is 12.3. The maximum Gasteiger partial charge on any atom is 0.419 e. The Morgan fingerprint density at radius 2 is 2.28 bits per heavy atom. The fourth-order valence-corrected chi connectivity index (χ4v) is 1.35. The highest BCUT2D eigenvalue weighted by Crippen LogP contribution is 2.28. The molecule has 1 heterocycles. The van der Waals surface area contributed by atoms with E-state index < -0.39 is 23.8 Å². The molecule has 0 aliphatic rings. The normalized spacial score (nSPS) is 13.6. The lowest BCUT2D eigenvalue weighted by molar-refractivity contribution is -0.140. The van der Waals surface area contributed by atoms with Gasteiger partial charge in [-0.05, 0) is 13.0 Å². The molecule has 0 bridgehead atoms. The highest BCUT2D eigenvalue weighted by atomic mass is 19.4. The first-order chi connectivity index (χ1) is 8.34. The molecule has 102 valence electrons. The van der Waals surface area contributed by atoms with Crippen LogP contribution in [-0.4, -0.2) is 33.4 Å². The number of aliphatic carboxylic acids is 1.